The van der Waals surface area contributed by atoms with E-state index in [1.54, 1.807) is 7.11 Å². The average molecular weight is 484 g/mol. The molecule has 1 amide bonds. The van der Waals surface area contributed by atoms with Crippen molar-refractivity contribution in [2.24, 2.45) is 23.2 Å². The van der Waals surface area contributed by atoms with E-state index in [0.29, 0.717) is 45.3 Å². The fourth-order valence-electron chi connectivity index (χ4n) is 6.09. The van der Waals surface area contributed by atoms with Gasteiger partial charge in [-0.1, -0.05) is 46.0 Å². The summed E-state index contributed by atoms with van der Waals surface area (Å²) >= 11 is 0. The van der Waals surface area contributed by atoms with Crippen LogP contribution in [0.5, 0.6) is 0 Å². The van der Waals surface area contributed by atoms with E-state index in [-0.39, 0.29) is 24.9 Å². The van der Waals surface area contributed by atoms with Crippen LogP contribution in [-0.4, -0.2) is 66.3 Å². The smallest absolute Gasteiger partial charge is 0.372 e. The molecule has 0 aromatic heterocycles. The maximum Gasteiger partial charge on any atom is 0.372 e. The molecule has 3 N–H and O–H groups in total. The van der Waals surface area contributed by atoms with Crippen LogP contribution in [-0.2, 0) is 28.7 Å². The highest BCUT2D eigenvalue weighted by molar-refractivity contribution is 6.33. The predicted molar refractivity (Wildman–Crippen MR) is 124 cm³/mol. The quantitative estimate of drug-likeness (QED) is 0.253. The van der Waals surface area contributed by atoms with Gasteiger partial charge in [-0.15, -0.1) is 0 Å². The van der Waals surface area contributed by atoms with Crippen molar-refractivity contribution < 1.29 is 38.9 Å². The number of carbonyl (C=O) groups excluding carboxylic acids is 2. The Kier molecular flexibility index (Phi) is 10.5. The Balaban J connectivity index is 2.41. The molecule has 0 bridgehead atoms. The first-order chi connectivity index (χ1) is 16.1. The van der Waals surface area contributed by atoms with Gasteiger partial charge in [0.2, 0.25) is 11.7 Å². The van der Waals surface area contributed by atoms with Crippen LogP contribution in [0.2, 0.25) is 0 Å². The molecular weight excluding hydrogens is 442 g/mol. The highest BCUT2D eigenvalue weighted by atomic mass is 16.5. The number of ketones is 1. The van der Waals surface area contributed by atoms with Crippen LogP contribution in [0.25, 0.3) is 0 Å². The Bertz CT molecular complexity index is 732. The number of methoxy groups -OCH3 is 1. The number of aliphatic carboxylic acids is 2. The van der Waals surface area contributed by atoms with Gasteiger partial charge in [-0.25, -0.2) is 4.79 Å². The average Bonchev–Trinajstić information content (AvgIpc) is 3.31. The van der Waals surface area contributed by atoms with Gasteiger partial charge in [-0.05, 0) is 31.6 Å². The molecule has 34 heavy (non-hydrogen) atoms. The molecule has 0 spiro atoms. The van der Waals surface area contributed by atoms with Crippen LogP contribution >= 0.6 is 0 Å². The largest absolute Gasteiger partial charge is 0.481 e. The maximum atomic E-state index is 14.1. The van der Waals surface area contributed by atoms with Crippen molar-refractivity contribution in [3.05, 3.63) is 0 Å². The van der Waals surface area contributed by atoms with Gasteiger partial charge < -0.3 is 25.0 Å². The van der Waals surface area contributed by atoms with E-state index in [1.807, 2.05) is 13.8 Å². The number of hydrogen-bond acceptors (Lipinski definition) is 6. The molecule has 9 heteroatoms. The van der Waals surface area contributed by atoms with E-state index in [9.17, 15) is 29.4 Å². The molecule has 0 aliphatic heterocycles. The zero-order valence-corrected chi connectivity index (χ0v) is 20.8. The summed E-state index contributed by atoms with van der Waals surface area (Å²) in [6.07, 6.45) is 5.63. The first kappa shape index (κ1) is 28.2. The summed E-state index contributed by atoms with van der Waals surface area (Å²) in [5.74, 6) is -5.03. The second-order valence-corrected chi connectivity index (χ2v) is 10.00. The third-order valence-corrected chi connectivity index (χ3v) is 8.22. The van der Waals surface area contributed by atoms with Crippen molar-refractivity contribution in [1.29, 1.82) is 0 Å². The van der Waals surface area contributed by atoms with Crippen molar-refractivity contribution in [2.45, 2.75) is 83.6 Å². The van der Waals surface area contributed by atoms with Crippen LogP contribution in [0, 0.1) is 23.2 Å². The summed E-state index contributed by atoms with van der Waals surface area (Å²) < 4.78 is 10.7. The molecule has 4 unspecified atom stereocenters. The predicted octanol–water partition coefficient (Wildman–Crippen LogP) is 3.05. The maximum absolute atomic E-state index is 14.1. The molecule has 0 aromatic rings. The van der Waals surface area contributed by atoms with Crippen LogP contribution in [0.4, 0.5) is 0 Å². The highest BCUT2D eigenvalue weighted by Crippen LogP contribution is 2.48. The van der Waals surface area contributed by atoms with Gasteiger partial charge in [-0.3, -0.25) is 14.4 Å². The molecule has 9 nitrogen and oxygen atoms in total. The van der Waals surface area contributed by atoms with Crippen molar-refractivity contribution >= 4 is 23.6 Å². The molecule has 2 saturated carbocycles. The second-order valence-electron chi connectivity index (χ2n) is 10.00. The first-order valence-electron chi connectivity index (χ1n) is 12.5. The lowest BCUT2D eigenvalue weighted by Gasteiger charge is -2.49. The molecule has 0 saturated heterocycles. The molecule has 4 atom stereocenters. The standard InChI is InChI=1S/C25H41NO8/c1-4-17(2)25(12-6-5-9-19(25)21(29)22(30)31)26-23(32)24(10-7-8-11-24)18(15-20(27)28)16-34-14-13-33-3/h17-19H,4-16H2,1-3H3,(H,26,32)(H,27,28)(H,30,31). The van der Waals surface area contributed by atoms with Crippen LogP contribution < -0.4 is 5.32 Å². The minimum absolute atomic E-state index is 0.112. The summed E-state index contributed by atoms with van der Waals surface area (Å²) in [6.45, 7) is 4.72. The number of carboxylic acid groups (broad SMARTS) is 2. The van der Waals surface area contributed by atoms with Crippen LogP contribution in [0.15, 0.2) is 0 Å². The van der Waals surface area contributed by atoms with Gasteiger partial charge in [-0.2, -0.15) is 0 Å². The van der Waals surface area contributed by atoms with E-state index in [2.05, 4.69) is 5.32 Å². The third-order valence-electron chi connectivity index (χ3n) is 8.22. The number of hydrogen-bond donors (Lipinski definition) is 3. The zero-order valence-electron chi connectivity index (χ0n) is 20.8. The molecule has 2 aliphatic carbocycles. The monoisotopic (exact) mass is 483 g/mol. The van der Waals surface area contributed by atoms with Gasteiger partial charge in [0.15, 0.2) is 0 Å². The van der Waals surface area contributed by atoms with Crippen LogP contribution in [0.1, 0.15) is 78.1 Å². The van der Waals surface area contributed by atoms with Gasteiger partial charge >= 0.3 is 11.9 Å². The van der Waals surface area contributed by atoms with Gasteiger partial charge in [0.05, 0.1) is 43.1 Å². The van der Waals surface area contributed by atoms with Gasteiger partial charge in [0.1, 0.15) is 0 Å². The van der Waals surface area contributed by atoms with Crippen molar-refractivity contribution in [3.63, 3.8) is 0 Å². The Morgan fingerprint density at radius 3 is 2.24 bits per heavy atom. The lowest BCUT2D eigenvalue weighted by atomic mass is 9.62. The first-order valence-corrected chi connectivity index (χ1v) is 12.5. The topological polar surface area (TPSA) is 139 Å². The SMILES string of the molecule is CCC(C)C1(NC(=O)C2(C(COCCOC)CC(=O)O)CCCC2)CCCCC1C(=O)C(=O)O. The van der Waals surface area contributed by atoms with Crippen LogP contribution in [0.3, 0.4) is 0 Å². The number of nitrogens with one attached hydrogen (secondary N) is 1. The minimum Gasteiger partial charge on any atom is -0.481 e. The second kappa shape index (κ2) is 12.6. The number of ether oxygens (including phenoxy) is 2. The molecule has 0 heterocycles. The Hall–Kier alpha value is -2.00. The number of Topliss-reactive ketones (excluding diaryl/α,β-unsaturated/α-hetero) is 1. The van der Waals surface area contributed by atoms with E-state index in [1.165, 1.54) is 0 Å². The van der Waals surface area contributed by atoms with E-state index in [4.69, 9.17) is 9.47 Å². The molecule has 0 radical (unpaired) electrons. The van der Waals surface area contributed by atoms with E-state index >= 15 is 0 Å². The number of rotatable bonds is 14. The van der Waals surface area contributed by atoms with Crippen molar-refractivity contribution in [1.82, 2.24) is 5.32 Å². The van der Waals surface area contributed by atoms with Crippen molar-refractivity contribution in [2.75, 3.05) is 26.9 Å². The van der Waals surface area contributed by atoms with E-state index in [0.717, 1.165) is 25.7 Å². The molecule has 2 fully saturated rings. The fourth-order valence-corrected chi connectivity index (χ4v) is 6.09. The summed E-state index contributed by atoms with van der Waals surface area (Å²) in [7, 11) is 1.55. The summed E-state index contributed by atoms with van der Waals surface area (Å²) in [6, 6.07) is 0. The fraction of sp³-hybridized carbons (Fsp3) is 0.840. The molecule has 194 valence electrons. The number of carbonyl (C=O) groups is 4. The van der Waals surface area contributed by atoms with Crippen molar-refractivity contribution in [3.8, 4) is 0 Å². The highest BCUT2D eigenvalue weighted by Gasteiger charge is 2.55. The lowest BCUT2D eigenvalue weighted by molar-refractivity contribution is -0.156. The molecule has 0 aromatic carbocycles. The van der Waals surface area contributed by atoms with Gasteiger partial charge in [0, 0.05) is 13.0 Å². The summed E-state index contributed by atoms with van der Waals surface area (Å²) in [5.41, 5.74) is -1.89. The lowest BCUT2D eigenvalue weighted by Crippen LogP contribution is -2.64. The number of amides is 1. The third kappa shape index (κ3) is 6.16. The molecule has 2 rings (SSSR count). The van der Waals surface area contributed by atoms with E-state index < -0.39 is 40.5 Å². The summed E-state index contributed by atoms with van der Waals surface area (Å²) in [5, 5.41) is 22.3. The molecular formula is C25H41NO8. The zero-order chi connectivity index (χ0) is 25.4. The number of carboxylic acids is 2. The van der Waals surface area contributed by atoms with Gasteiger partial charge in [0.25, 0.3) is 0 Å². The Morgan fingerprint density at radius 2 is 1.68 bits per heavy atom. The molecule has 2 aliphatic rings. The summed E-state index contributed by atoms with van der Waals surface area (Å²) in [4.78, 5) is 50.2. The Labute approximate surface area is 201 Å². The Morgan fingerprint density at radius 1 is 1.03 bits per heavy atom. The normalized spacial score (nSPS) is 25.9. The minimum atomic E-state index is -1.47.